The van der Waals surface area contributed by atoms with E-state index in [1.807, 2.05) is 20.8 Å². The van der Waals surface area contributed by atoms with Gasteiger partial charge in [-0.3, -0.25) is 9.52 Å². The highest BCUT2D eigenvalue weighted by Crippen LogP contribution is 2.15. The lowest BCUT2D eigenvalue weighted by molar-refractivity contribution is -0.154. The summed E-state index contributed by atoms with van der Waals surface area (Å²) < 4.78 is 37.0. The molecule has 0 heterocycles. The van der Waals surface area contributed by atoms with Crippen LogP contribution < -0.4 is 4.72 Å². The van der Waals surface area contributed by atoms with Crippen LogP contribution in [-0.2, 0) is 24.3 Å². The van der Waals surface area contributed by atoms with E-state index in [-0.39, 0.29) is 17.3 Å². The molecule has 0 saturated heterocycles. The third-order valence-corrected chi connectivity index (χ3v) is 6.91. The molecule has 0 aliphatic heterocycles. The third kappa shape index (κ3) is 22.3. The third-order valence-electron chi connectivity index (χ3n) is 5.49. The summed E-state index contributed by atoms with van der Waals surface area (Å²) in [5.74, 6) is 0.570. The second-order valence-corrected chi connectivity index (χ2v) is 12.0. The Bertz CT molecular complexity index is 680. The molecule has 0 amide bonds. The van der Waals surface area contributed by atoms with Crippen LogP contribution in [0.2, 0.25) is 0 Å². The molecule has 0 spiro atoms. The van der Waals surface area contributed by atoms with Crippen LogP contribution in [0.15, 0.2) is 24.6 Å². The first kappa shape index (κ1) is 32.5. The minimum atomic E-state index is -3.33. The molecule has 0 fully saturated rings. The van der Waals surface area contributed by atoms with Crippen molar-refractivity contribution in [1.29, 1.82) is 0 Å². The standard InChI is InChI=1S/C27H51NO5S/c1-24(28-34(30,31)23-19-21-25(2)32-6)20-17-15-13-11-9-7-8-10-12-14-16-18-22-26(29)33-27(3,4)5/h28H,1-2,7-23H2,3-6H3. The molecule has 0 aliphatic rings. The van der Waals surface area contributed by atoms with Crippen LogP contribution in [-0.4, -0.2) is 32.9 Å². The van der Waals surface area contributed by atoms with E-state index in [0.717, 1.165) is 25.7 Å². The molecule has 0 radical (unpaired) electrons. The van der Waals surface area contributed by atoms with E-state index in [1.165, 1.54) is 58.5 Å². The Morgan fingerprint density at radius 3 is 1.62 bits per heavy atom. The minimum absolute atomic E-state index is 0.0560. The van der Waals surface area contributed by atoms with Gasteiger partial charge in [-0.15, -0.1) is 0 Å². The Morgan fingerprint density at radius 1 is 0.735 bits per heavy atom. The van der Waals surface area contributed by atoms with Gasteiger partial charge in [0.05, 0.1) is 18.6 Å². The van der Waals surface area contributed by atoms with Crippen molar-refractivity contribution < 1.29 is 22.7 Å². The van der Waals surface area contributed by atoms with Gasteiger partial charge in [0, 0.05) is 18.5 Å². The fourth-order valence-corrected chi connectivity index (χ4v) is 4.82. The number of sulfonamides is 1. The average molecular weight is 502 g/mol. The lowest BCUT2D eigenvalue weighted by Gasteiger charge is -2.19. The van der Waals surface area contributed by atoms with Gasteiger partial charge in [-0.05, 0) is 46.5 Å². The molecular weight excluding hydrogens is 450 g/mol. The van der Waals surface area contributed by atoms with Crippen LogP contribution in [0.5, 0.6) is 0 Å². The van der Waals surface area contributed by atoms with Crippen molar-refractivity contribution in [2.75, 3.05) is 12.9 Å². The van der Waals surface area contributed by atoms with Gasteiger partial charge in [0.2, 0.25) is 10.0 Å². The number of methoxy groups -OCH3 is 1. The highest BCUT2D eigenvalue weighted by Gasteiger charge is 2.15. The van der Waals surface area contributed by atoms with Crippen LogP contribution in [0.4, 0.5) is 0 Å². The molecule has 0 aromatic rings. The molecule has 6 nitrogen and oxygen atoms in total. The number of carbonyl (C=O) groups excluding carboxylic acids is 1. The summed E-state index contributed by atoms with van der Waals surface area (Å²) in [5, 5.41) is 0. The lowest BCUT2D eigenvalue weighted by atomic mass is 10.0. The van der Waals surface area contributed by atoms with Gasteiger partial charge in [0.1, 0.15) is 5.60 Å². The molecule has 0 aromatic carbocycles. The van der Waals surface area contributed by atoms with Crippen LogP contribution in [0.1, 0.15) is 124 Å². The highest BCUT2D eigenvalue weighted by molar-refractivity contribution is 7.89. The van der Waals surface area contributed by atoms with Gasteiger partial charge in [0.15, 0.2) is 0 Å². The van der Waals surface area contributed by atoms with Gasteiger partial charge >= 0.3 is 5.97 Å². The van der Waals surface area contributed by atoms with Gasteiger partial charge < -0.3 is 9.47 Å². The van der Waals surface area contributed by atoms with Crippen molar-refractivity contribution in [2.24, 2.45) is 0 Å². The van der Waals surface area contributed by atoms with Gasteiger partial charge in [-0.1, -0.05) is 77.4 Å². The van der Waals surface area contributed by atoms with Crippen molar-refractivity contribution in [1.82, 2.24) is 4.72 Å². The summed E-state index contributed by atoms with van der Waals surface area (Å²) in [5.41, 5.74) is 0.198. The Balaban J connectivity index is 3.49. The zero-order chi connectivity index (χ0) is 25.9. The molecule has 0 bridgehead atoms. The summed E-state index contributed by atoms with van der Waals surface area (Å²) in [6.07, 6.45) is 16.3. The Hall–Kier alpha value is -1.50. The number of ether oxygens (including phenoxy) is 2. The fraction of sp³-hybridized carbons (Fsp3) is 0.815. The van der Waals surface area contributed by atoms with E-state index in [0.29, 0.717) is 37.1 Å². The lowest BCUT2D eigenvalue weighted by Crippen LogP contribution is -2.25. The average Bonchev–Trinajstić information content (AvgIpc) is 2.71. The molecule has 0 unspecified atom stereocenters. The molecule has 0 saturated carbocycles. The smallest absolute Gasteiger partial charge is 0.306 e. The second-order valence-electron chi connectivity index (χ2n) is 10.2. The van der Waals surface area contributed by atoms with E-state index < -0.39 is 10.0 Å². The van der Waals surface area contributed by atoms with E-state index in [2.05, 4.69) is 17.9 Å². The summed E-state index contributed by atoms with van der Waals surface area (Å²) in [4.78, 5) is 11.7. The van der Waals surface area contributed by atoms with Crippen molar-refractivity contribution in [3.63, 3.8) is 0 Å². The monoisotopic (exact) mass is 501 g/mol. The molecule has 0 atom stereocenters. The molecular formula is C27H51NO5S. The molecule has 34 heavy (non-hydrogen) atoms. The number of nitrogens with one attached hydrogen (secondary N) is 1. The maximum Gasteiger partial charge on any atom is 0.306 e. The van der Waals surface area contributed by atoms with Crippen LogP contribution in [0, 0.1) is 0 Å². The highest BCUT2D eigenvalue weighted by atomic mass is 32.2. The molecule has 0 aromatic heterocycles. The first-order valence-corrected chi connectivity index (χ1v) is 14.7. The van der Waals surface area contributed by atoms with Crippen molar-refractivity contribution in [3.8, 4) is 0 Å². The molecule has 200 valence electrons. The van der Waals surface area contributed by atoms with Crippen molar-refractivity contribution in [3.05, 3.63) is 24.6 Å². The Labute approximate surface area is 210 Å². The largest absolute Gasteiger partial charge is 0.502 e. The number of allylic oxidation sites excluding steroid dienone is 2. The van der Waals surface area contributed by atoms with Gasteiger partial charge in [-0.2, -0.15) is 0 Å². The maximum absolute atomic E-state index is 12.1. The topological polar surface area (TPSA) is 81.7 Å². The zero-order valence-electron chi connectivity index (χ0n) is 22.4. The zero-order valence-corrected chi connectivity index (χ0v) is 23.2. The summed E-state index contributed by atoms with van der Waals surface area (Å²) >= 11 is 0. The quantitative estimate of drug-likeness (QED) is 0.0966. The van der Waals surface area contributed by atoms with E-state index in [1.54, 1.807) is 0 Å². The maximum atomic E-state index is 12.1. The fourth-order valence-electron chi connectivity index (χ4n) is 3.65. The first-order chi connectivity index (χ1) is 15.9. The predicted molar refractivity (Wildman–Crippen MR) is 142 cm³/mol. The summed E-state index contributed by atoms with van der Waals surface area (Å²) in [7, 11) is -1.79. The van der Waals surface area contributed by atoms with Crippen LogP contribution >= 0.6 is 0 Å². The van der Waals surface area contributed by atoms with E-state index >= 15 is 0 Å². The number of unbranched alkanes of at least 4 members (excludes halogenated alkanes) is 11. The second kappa shape index (κ2) is 18.8. The van der Waals surface area contributed by atoms with E-state index in [4.69, 9.17) is 9.47 Å². The van der Waals surface area contributed by atoms with Gasteiger partial charge in [-0.25, -0.2) is 8.42 Å². The molecule has 1 N–H and O–H groups in total. The van der Waals surface area contributed by atoms with Crippen LogP contribution in [0.3, 0.4) is 0 Å². The minimum Gasteiger partial charge on any atom is -0.502 e. The molecule has 0 aliphatic carbocycles. The van der Waals surface area contributed by atoms with Gasteiger partial charge in [0.25, 0.3) is 0 Å². The number of hydrogen-bond donors (Lipinski definition) is 1. The number of rotatable bonds is 22. The van der Waals surface area contributed by atoms with E-state index in [9.17, 15) is 13.2 Å². The number of carbonyl (C=O) groups is 1. The van der Waals surface area contributed by atoms with Crippen LogP contribution in [0.25, 0.3) is 0 Å². The molecule has 0 rings (SSSR count). The molecule has 7 heteroatoms. The SMILES string of the molecule is C=C(CCCCCCCCCCCCCCC(=O)OC(C)(C)C)NS(=O)(=O)CCCC(=C)OC. The number of esters is 1. The Kier molecular flexibility index (Phi) is 18.0. The number of hydrogen-bond acceptors (Lipinski definition) is 5. The summed E-state index contributed by atoms with van der Waals surface area (Å²) in [6.45, 7) is 13.3. The van der Waals surface area contributed by atoms with Crippen molar-refractivity contribution in [2.45, 2.75) is 129 Å². The Morgan fingerprint density at radius 2 is 1.18 bits per heavy atom. The summed E-state index contributed by atoms with van der Waals surface area (Å²) in [6, 6.07) is 0. The van der Waals surface area contributed by atoms with Crippen molar-refractivity contribution >= 4 is 16.0 Å². The predicted octanol–water partition coefficient (Wildman–Crippen LogP) is 7.16. The normalized spacial score (nSPS) is 11.8. The first-order valence-electron chi connectivity index (χ1n) is 13.1.